The van der Waals surface area contributed by atoms with Crippen molar-refractivity contribution in [2.45, 2.75) is 34.6 Å². The second kappa shape index (κ2) is 11.4. The maximum atomic E-state index is 10.3. The first-order valence-electron chi connectivity index (χ1n) is 5.11. The molecular formula is C10H23NO2. The van der Waals surface area contributed by atoms with Gasteiger partial charge in [-0.15, -0.1) is 0 Å². The number of amides is 1. The van der Waals surface area contributed by atoms with Gasteiger partial charge in [0.25, 0.3) is 0 Å². The molecule has 1 amide bonds. The van der Waals surface area contributed by atoms with E-state index < -0.39 is 0 Å². The van der Waals surface area contributed by atoms with Crippen LogP contribution >= 0.6 is 0 Å². The lowest BCUT2D eigenvalue weighted by atomic mass is 10.1. The summed E-state index contributed by atoms with van der Waals surface area (Å²) in [6, 6.07) is 0. The molecular weight excluding hydrogens is 166 g/mol. The normalized spacial score (nSPS) is 13.9. The lowest BCUT2D eigenvalue weighted by Gasteiger charge is -2.25. The molecule has 1 N–H and O–H groups in total. The van der Waals surface area contributed by atoms with Gasteiger partial charge in [0, 0.05) is 19.4 Å². The van der Waals surface area contributed by atoms with Gasteiger partial charge in [0.1, 0.15) is 0 Å². The van der Waals surface area contributed by atoms with Crippen molar-refractivity contribution in [3.63, 3.8) is 0 Å². The molecule has 0 bridgehead atoms. The Labute approximate surface area is 81.9 Å². The second-order valence-corrected chi connectivity index (χ2v) is 2.34. The first-order chi connectivity index (χ1) is 6.29. The van der Waals surface area contributed by atoms with E-state index in [2.05, 4.69) is 5.32 Å². The first kappa shape index (κ1) is 14.9. The number of hydrogen-bond acceptors (Lipinski definition) is 2. The number of nitrogens with one attached hydrogen (secondary N) is 1. The molecule has 1 fully saturated rings. The number of carbonyl (C=O) groups is 1. The van der Waals surface area contributed by atoms with Crippen molar-refractivity contribution in [1.29, 1.82) is 0 Å². The van der Waals surface area contributed by atoms with Gasteiger partial charge in [-0.1, -0.05) is 27.7 Å². The van der Waals surface area contributed by atoms with E-state index in [1.807, 2.05) is 27.7 Å². The van der Waals surface area contributed by atoms with Crippen LogP contribution in [0.5, 0.6) is 0 Å². The summed E-state index contributed by atoms with van der Waals surface area (Å²) in [5.41, 5.74) is 0. The molecule has 3 heteroatoms. The van der Waals surface area contributed by atoms with Crippen LogP contribution in [0, 0.1) is 5.92 Å². The van der Waals surface area contributed by atoms with E-state index in [1.165, 1.54) is 6.92 Å². The largest absolute Gasteiger partial charge is 0.381 e. The molecule has 1 saturated heterocycles. The molecule has 1 heterocycles. The minimum atomic E-state index is 0.0434. The Kier molecular flexibility index (Phi) is 13.1. The predicted octanol–water partition coefficient (Wildman–Crippen LogP) is 1.82. The number of ether oxygens (including phenoxy) is 1. The van der Waals surface area contributed by atoms with Crippen LogP contribution in [0.4, 0.5) is 0 Å². The van der Waals surface area contributed by atoms with E-state index in [-0.39, 0.29) is 5.91 Å². The smallest absolute Gasteiger partial charge is 0.216 e. The van der Waals surface area contributed by atoms with Crippen LogP contribution in [0.15, 0.2) is 0 Å². The van der Waals surface area contributed by atoms with Crippen LogP contribution in [0.3, 0.4) is 0 Å². The molecule has 0 saturated carbocycles. The Bertz CT molecular complexity index is 111. The molecule has 0 atom stereocenters. The Morgan fingerprint density at radius 2 is 1.77 bits per heavy atom. The fourth-order valence-corrected chi connectivity index (χ4v) is 0.690. The summed E-state index contributed by atoms with van der Waals surface area (Å²) in [6.07, 6.45) is 0. The number of rotatable bonds is 2. The van der Waals surface area contributed by atoms with Crippen molar-refractivity contribution in [3.05, 3.63) is 0 Å². The average Bonchev–Trinajstić information content (AvgIpc) is 2.08. The summed E-state index contributed by atoms with van der Waals surface area (Å²) in [5, 5.41) is 2.73. The molecule has 0 spiro atoms. The van der Waals surface area contributed by atoms with Gasteiger partial charge >= 0.3 is 0 Å². The summed E-state index contributed by atoms with van der Waals surface area (Å²) < 4.78 is 4.92. The standard InChI is InChI=1S/C6H11NO2.2C2H6/c1-5(8)7-2-6-3-9-4-6;2*1-2/h6H,2-4H2,1H3,(H,7,8);2*1-2H3. The van der Waals surface area contributed by atoms with Gasteiger partial charge in [-0.25, -0.2) is 0 Å². The molecule has 0 aromatic heterocycles. The zero-order valence-corrected chi connectivity index (χ0v) is 9.52. The highest BCUT2D eigenvalue weighted by atomic mass is 16.5. The van der Waals surface area contributed by atoms with E-state index in [4.69, 9.17) is 4.74 Å². The van der Waals surface area contributed by atoms with Gasteiger partial charge in [0.15, 0.2) is 0 Å². The molecule has 3 nitrogen and oxygen atoms in total. The highest BCUT2D eigenvalue weighted by Gasteiger charge is 2.17. The van der Waals surface area contributed by atoms with Crippen molar-refractivity contribution >= 4 is 5.91 Å². The van der Waals surface area contributed by atoms with Gasteiger partial charge in [-0.3, -0.25) is 4.79 Å². The van der Waals surface area contributed by atoms with E-state index in [0.717, 1.165) is 19.8 Å². The minimum Gasteiger partial charge on any atom is -0.381 e. The van der Waals surface area contributed by atoms with Crippen molar-refractivity contribution in [2.75, 3.05) is 19.8 Å². The molecule has 0 radical (unpaired) electrons. The van der Waals surface area contributed by atoms with Gasteiger partial charge < -0.3 is 10.1 Å². The fraction of sp³-hybridized carbons (Fsp3) is 0.900. The molecule has 13 heavy (non-hydrogen) atoms. The van der Waals surface area contributed by atoms with Crippen molar-refractivity contribution in [2.24, 2.45) is 5.92 Å². The van der Waals surface area contributed by atoms with E-state index in [1.54, 1.807) is 0 Å². The maximum Gasteiger partial charge on any atom is 0.216 e. The van der Waals surface area contributed by atoms with Gasteiger partial charge in [-0.2, -0.15) is 0 Å². The predicted molar refractivity (Wildman–Crippen MR) is 55.7 cm³/mol. The highest BCUT2D eigenvalue weighted by molar-refractivity contribution is 5.72. The lowest BCUT2D eigenvalue weighted by Crippen LogP contribution is -2.38. The molecule has 0 unspecified atom stereocenters. The molecule has 0 aliphatic carbocycles. The Hall–Kier alpha value is -0.570. The average molecular weight is 189 g/mol. The summed E-state index contributed by atoms with van der Waals surface area (Å²) in [5.74, 6) is 0.607. The monoisotopic (exact) mass is 189 g/mol. The third-order valence-electron chi connectivity index (χ3n) is 1.35. The Balaban J connectivity index is 0. The van der Waals surface area contributed by atoms with Crippen molar-refractivity contribution < 1.29 is 9.53 Å². The molecule has 1 rings (SSSR count). The molecule has 0 aromatic rings. The third-order valence-corrected chi connectivity index (χ3v) is 1.35. The Morgan fingerprint density at radius 1 is 1.31 bits per heavy atom. The summed E-state index contributed by atoms with van der Waals surface area (Å²) in [4.78, 5) is 10.3. The van der Waals surface area contributed by atoms with Crippen LogP contribution in [-0.2, 0) is 9.53 Å². The first-order valence-corrected chi connectivity index (χ1v) is 5.11. The highest BCUT2D eigenvalue weighted by Crippen LogP contribution is 2.07. The van der Waals surface area contributed by atoms with Crippen LogP contribution < -0.4 is 5.32 Å². The summed E-state index contributed by atoms with van der Waals surface area (Å²) >= 11 is 0. The van der Waals surface area contributed by atoms with Crippen LogP contribution in [0.25, 0.3) is 0 Å². The Morgan fingerprint density at radius 3 is 2.00 bits per heavy atom. The van der Waals surface area contributed by atoms with Crippen molar-refractivity contribution in [3.8, 4) is 0 Å². The minimum absolute atomic E-state index is 0.0434. The lowest BCUT2D eigenvalue weighted by molar-refractivity contribution is -0.120. The van der Waals surface area contributed by atoms with Gasteiger partial charge in [0.05, 0.1) is 13.2 Å². The number of hydrogen-bond donors (Lipinski definition) is 1. The van der Waals surface area contributed by atoms with Crippen molar-refractivity contribution in [1.82, 2.24) is 5.32 Å². The summed E-state index contributed by atoms with van der Waals surface area (Å²) in [6.45, 7) is 11.9. The molecule has 1 aliphatic heterocycles. The molecule has 1 aliphatic rings. The SMILES string of the molecule is CC.CC.CC(=O)NCC1COC1. The summed E-state index contributed by atoms with van der Waals surface area (Å²) in [7, 11) is 0. The fourth-order valence-electron chi connectivity index (χ4n) is 0.690. The van der Waals surface area contributed by atoms with Crippen LogP contribution in [0.2, 0.25) is 0 Å². The number of carbonyl (C=O) groups excluding carboxylic acids is 1. The van der Waals surface area contributed by atoms with Crippen LogP contribution in [0.1, 0.15) is 34.6 Å². The maximum absolute atomic E-state index is 10.3. The quantitative estimate of drug-likeness (QED) is 0.719. The zero-order valence-electron chi connectivity index (χ0n) is 9.52. The second-order valence-electron chi connectivity index (χ2n) is 2.34. The van der Waals surface area contributed by atoms with Crippen LogP contribution in [-0.4, -0.2) is 25.7 Å². The third kappa shape index (κ3) is 9.34. The topological polar surface area (TPSA) is 38.3 Å². The van der Waals surface area contributed by atoms with E-state index in [0.29, 0.717) is 5.92 Å². The van der Waals surface area contributed by atoms with E-state index in [9.17, 15) is 4.79 Å². The van der Waals surface area contributed by atoms with Gasteiger partial charge in [-0.05, 0) is 0 Å². The zero-order chi connectivity index (χ0) is 10.7. The van der Waals surface area contributed by atoms with E-state index >= 15 is 0 Å². The van der Waals surface area contributed by atoms with Gasteiger partial charge in [0.2, 0.25) is 5.91 Å². The molecule has 80 valence electrons. The molecule has 0 aromatic carbocycles.